The largest absolute Gasteiger partial charge is 0.355 e. The van der Waals surface area contributed by atoms with Crippen LogP contribution in [-0.2, 0) is 21.4 Å². The molecular formula is C21H25N3O3S2. The fraction of sp³-hybridized carbons (Fsp3) is 0.333. The molecule has 0 unspecified atom stereocenters. The summed E-state index contributed by atoms with van der Waals surface area (Å²) in [5.41, 5.74) is 1.60. The van der Waals surface area contributed by atoms with Crippen molar-refractivity contribution in [1.82, 2.24) is 5.32 Å². The van der Waals surface area contributed by atoms with Crippen molar-refractivity contribution in [1.29, 1.82) is 0 Å². The molecule has 154 valence electrons. The first-order valence-electron chi connectivity index (χ1n) is 9.52. The number of rotatable bonds is 7. The Morgan fingerprint density at radius 2 is 1.79 bits per heavy atom. The van der Waals surface area contributed by atoms with Gasteiger partial charge in [0.1, 0.15) is 4.90 Å². The second-order valence-corrected chi connectivity index (χ2v) is 9.72. The minimum absolute atomic E-state index is 0.111. The SMILES string of the molecule is CC(C)CCNC(=O)CSC1=NS(=O)(=O)c2ccccc2N1Cc1ccccc1. The van der Waals surface area contributed by atoms with Gasteiger partial charge in [0.05, 0.1) is 18.0 Å². The van der Waals surface area contributed by atoms with E-state index >= 15 is 0 Å². The van der Waals surface area contributed by atoms with Crippen molar-refractivity contribution in [3.63, 3.8) is 0 Å². The second kappa shape index (κ2) is 9.45. The molecule has 3 rings (SSSR count). The van der Waals surface area contributed by atoms with Gasteiger partial charge >= 0.3 is 0 Å². The standard InChI is InChI=1S/C21H25N3O3S2/c1-16(2)12-13-22-20(25)15-28-21-23-29(26,27)19-11-7-6-10-18(19)24(21)14-17-8-4-3-5-9-17/h3-11,16H,12-15H2,1-2H3,(H,22,25). The van der Waals surface area contributed by atoms with Crippen LogP contribution in [0.4, 0.5) is 5.69 Å². The van der Waals surface area contributed by atoms with Gasteiger partial charge in [-0.05, 0) is 30.0 Å². The number of benzene rings is 2. The minimum Gasteiger partial charge on any atom is -0.355 e. The van der Waals surface area contributed by atoms with Crippen molar-refractivity contribution < 1.29 is 13.2 Å². The number of nitrogens with one attached hydrogen (secondary N) is 1. The maximum atomic E-state index is 12.6. The van der Waals surface area contributed by atoms with Gasteiger partial charge in [0.25, 0.3) is 10.0 Å². The Hall–Kier alpha value is -2.32. The van der Waals surface area contributed by atoms with Gasteiger partial charge in [0.2, 0.25) is 5.91 Å². The van der Waals surface area contributed by atoms with Crippen molar-refractivity contribution in [2.75, 3.05) is 17.2 Å². The van der Waals surface area contributed by atoms with Crippen molar-refractivity contribution >= 4 is 38.5 Å². The first-order chi connectivity index (χ1) is 13.9. The number of amidine groups is 1. The molecule has 0 spiro atoms. The lowest BCUT2D eigenvalue weighted by Crippen LogP contribution is -2.35. The predicted molar refractivity (Wildman–Crippen MR) is 119 cm³/mol. The lowest BCUT2D eigenvalue weighted by molar-refractivity contribution is -0.118. The van der Waals surface area contributed by atoms with Crippen LogP contribution < -0.4 is 10.2 Å². The Morgan fingerprint density at radius 3 is 2.52 bits per heavy atom. The van der Waals surface area contributed by atoms with Crippen LogP contribution in [0.1, 0.15) is 25.8 Å². The average Bonchev–Trinajstić information content (AvgIpc) is 2.69. The molecule has 2 aromatic carbocycles. The Bertz CT molecular complexity index is 989. The summed E-state index contributed by atoms with van der Waals surface area (Å²) in [4.78, 5) is 14.2. The topological polar surface area (TPSA) is 78.8 Å². The van der Waals surface area contributed by atoms with Crippen molar-refractivity contribution in [2.24, 2.45) is 10.3 Å². The van der Waals surface area contributed by atoms with Gasteiger partial charge < -0.3 is 10.2 Å². The van der Waals surface area contributed by atoms with E-state index in [-0.39, 0.29) is 16.6 Å². The summed E-state index contributed by atoms with van der Waals surface area (Å²) in [7, 11) is -3.80. The Morgan fingerprint density at radius 1 is 1.10 bits per heavy atom. The zero-order chi connectivity index (χ0) is 20.9. The molecule has 0 aliphatic carbocycles. The highest BCUT2D eigenvalue weighted by atomic mass is 32.2. The number of para-hydroxylation sites is 1. The van der Waals surface area contributed by atoms with E-state index < -0.39 is 10.0 Å². The van der Waals surface area contributed by atoms with Crippen LogP contribution in [0.3, 0.4) is 0 Å². The minimum atomic E-state index is -3.80. The lowest BCUT2D eigenvalue weighted by atomic mass is 10.1. The molecule has 0 saturated carbocycles. The number of hydrogen-bond donors (Lipinski definition) is 1. The third-order valence-electron chi connectivity index (χ3n) is 4.42. The van der Waals surface area contributed by atoms with E-state index in [1.165, 1.54) is 0 Å². The van der Waals surface area contributed by atoms with E-state index in [4.69, 9.17) is 0 Å². The highest BCUT2D eigenvalue weighted by Gasteiger charge is 2.31. The van der Waals surface area contributed by atoms with Gasteiger partial charge in [0.15, 0.2) is 5.17 Å². The molecule has 0 bridgehead atoms. The first-order valence-corrected chi connectivity index (χ1v) is 11.9. The van der Waals surface area contributed by atoms with Crippen LogP contribution in [0.2, 0.25) is 0 Å². The number of amides is 1. The average molecular weight is 432 g/mol. The third kappa shape index (κ3) is 5.61. The van der Waals surface area contributed by atoms with Gasteiger partial charge in [-0.25, -0.2) is 0 Å². The van der Waals surface area contributed by atoms with Crippen LogP contribution in [0.5, 0.6) is 0 Å². The third-order valence-corrected chi connectivity index (χ3v) is 6.83. The zero-order valence-corrected chi connectivity index (χ0v) is 18.2. The van der Waals surface area contributed by atoms with Gasteiger partial charge in [-0.2, -0.15) is 8.42 Å². The van der Waals surface area contributed by atoms with Crippen LogP contribution in [0.15, 0.2) is 63.9 Å². The predicted octanol–water partition coefficient (Wildman–Crippen LogP) is 3.65. The van der Waals surface area contributed by atoms with Crippen LogP contribution in [0.25, 0.3) is 0 Å². The Kier molecular flexibility index (Phi) is 6.97. The molecule has 1 amide bonds. The molecule has 29 heavy (non-hydrogen) atoms. The summed E-state index contributed by atoms with van der Waals surface area (Å²) >= 11 is 1.14. The smallest absolute Gasteiger partial charge is 0.286 e. The molecular weight excluding hydrogens is 406 g/mol. The molecule has 0 aromatic heterocycles. The molecule has 2 aromatic rings. The van der Waals surface area contributed by atoms with Crippen molar-refractivity contribution in [3.8, 4) is 0 Å². The summed E-state index contributed by atoms with van der Waals surface area (Å²) in [5, 5.41) is 3.19. The van der Waals surface area contributed by atoms with Gasteiger partial charge in [-0.15, -0.1) is 4.40 Å². The fourth-order valence-corrected chi connectivity index (χ4v) is 5.19. The number of thioether (sulfide) groups is 1. The van der Waals surface area contributed by atoms with Crippen LogP contribution in [-0.4, -0.2) is 31.8 Å². The number of carbonyl (C=O) groups is 1. The first kappa shape index (κ1) is 21.4. The molecule has 0 radical (unpaired) electrons. The summed E-state index contributed by atoms with van der Waals surface area (Å²) in [6, 6.07) is 16.6. The fourth-order valence-electron chi connectivity index (χ4n) is 2.91. The number of carbonyl (C=O) groups excluding carboxylic acids is 1. The Balaban J connectivity index is 1.81. The quantitative estimate of drug-likeness (QED) is 0.724. The van der Waals surface area contributed by atoms with Gasteiger partial charge in [0, 0.05) is 6.54 Å². The molecule has 0 atom stereocenters. The number of nitrogens with zero attached hydrogens (tertiary/aromatic N) is 2. The molecule has 0 fully saturated rings. The summed E-state index contributed by atoms with van der Waals surface area (Å²) in [6.07, 6.45) is 0.902. The van der Waals surface area contributed by atoms with Crippen LogP contribution >= 0.6 is 11.8 Å². The van der Waals surface area contributed by atoms with E-state index in [2.05, 4.69) is 23.6 Å². The number of fused-ring (bicyclic) bond motifs is 1. The molecule has 1 N–H and O–H groups in total. The summed E-state index contributed by atoms with van der Waals surface area (Å²) in [6.45, 7) is 5.27. The number of anilines is 1. The summed E-state index contributed by atoms with van der Waals surface area (Å²) in [5.74, 6) is 0.489. The number of hydrogen-bond acceptors (Lipinski definition) is 5. The lowest BCUT2D eigenvalue weighted by Gasteiger charge is -2.30. The summed E-state index contributed by atoms with van der Waals surface area (Å²) < 4.78 is 29.3. The van der Waals surface area contributed by atoms with E-state index in [9.17, 15) is 13.2 Å². The molecule has 1 aliphatic heterocycles. The normalized spacial score (nSPS) is 15.0. The molecule has 8 heteroatoms. The monoisotopic (exact) mass is 431 g/mol. The molecule has 1 heterocycles. The highest BCUT2D eigenvalue weighted by molar-refractivity contribution is 8.15. The number of sulfonamides is 1. The van der Waals surface area contributed by atoms with E-state index in [1.807, 2.05) is 35.2 Å². The zero-order valence-electron chi connectivity index (χ0n) is 16.5. The van der Waals surface area contributed by atoms with Crippen LogP contribution in [0, 0.1) is 5.92 Å². The molecule has 1 aliphatic rings. The van der Waals surface area contributed by atoms with Crippen molar-refractivity contribution in [3.05, 3.63) is 60.2 Å². The van der Waals surface area contributed by atoms with Crippen molar-refractivity contribution in [2.45, 2.75) is 31.7 Å². The van der Waals surface area contributed by atoms with Gasteiger partial charge in [-0.3, -0.25) is 4.79 Å². The Labute approximate surface area is 176 Å². The maximum absolute atomic E-state index is 12.6. The van der Waals surface area contributed by atoms with E-state index in [0.29, 0.717) is 29.9 Å². The second-order valence-electron chi connectivity index (χ2n) is 7.21. The van der Waals surface area contributed by atoms with Gasteiger partial charge in [-0.1, -0.05) is 68.1 Å². The molecule has 0 saturated heterocycles. The van der Waals surface area contributed by atoms with E-state index in [1.54, 1.807) is 24.3 Å². The maximum Gasteiger partial charge on any atom is 0.286 e. The highest BCUT2D eigenvalue weighted by Crippen LogP contribution is 2.35. The molecule has 6 nitrogen and oxygen atoms in total. The van der Waals surface area contributed by atoms with E-state index in [0.717, 1.165) is 23.7 Å².